The average molecular weight is 455 g/mol. The zero-order valence-electron chi connectivity index (χ0n) is 18.2. The molecule has 170 valence electrons. The van der Waals surface area contributed by atoms with E-state index in [1.54, 1.807) is 12.1 Å². The van der Waals surface area contributed by atoms with Crippen LogP contribution in [0.3, 0.4) is 0 Å². The van der Waals surface area contributed by atoms with Gasteiger partial charge in [-0.2, -0.15) is 0 Å². The molecule has 1 aliphatic carbocycles. The highest BCUT2D eigenvalue weighted by Gasteiger charge is 2.30. The minimum absolute atomic E-state index is 0.0626. The van der Waals surface area contributed by atoms with Crippen molar-refractivity contribution in [2.24, 2.45) is 0 Å². The number of hydrogen-bond acceptors (Lipinski definition) is 4. The third kappa shape index (κ3) is 5.38. The molecule has 2 aromatic carbocycles. The van der Waals surface area contributed by atoms with Gasteiger partial charge < -0.3 is 10.6 Å². The summed E-state index contributed by atoms with van der Waals surface area (Å²) in [6.45, 7) is 0. The molecular formula is C25H30N2O4S. The lowest BCUT2D eigenvalue weighted by Crippen LogP contribution is -2.40. The highest BCUT2D eigenvalue weighted by molar-refractivity contribution is 7.91. The molecular weight excluding hydrogens is 424 g/mol. The number of carbonyl (C=O) groups excluding carboxylic acids is 2. The molecule has 6 nitrogen and oxygen atoms in total. The molecule has 1 aliphatic heterocycles. The Hall–Kier alpha value is -2.67. The Kier molecular flexibility index (Phi) is 6.94. The van der Waals surface area contributed by atoms with Gasteiger partial charge in [0.2, 0.25) is 11.8 Å². The molecule has 2 N–H and O–H groups in total. The number of sulfone groups is 1. The van der Waals surface area contributed by atoms with E-state index in [2.05, 4.69) is 10.6 Å². The Bertz CT molecular complexity index is 1070. The van der Waals surface area contributed by atoms with Crippen molar-refractivity contribution in [2.45, 2.75) is 68.2 Å². The molecule has 2 aliphatic rings. The SMILES string of the molecule is O=C1CCc2cc(S(=O)(=O)CC(C(=O)NC3CCCCCC3)c3ccccc3)ccc2N1. The lowest BCUT2D eigenvalue weighted by molar-refractivity contribution is -0.123. The molecule has 1 unspecified atom stereocenters. The van der Waals surface area contributed by atoms with Crippen molar-refractivity contribution in [3.05, 3.63) is 59.7 Å². The first-order chi connectivity index (χ1) is 15.4. The maximum absolute atomic E-state index is 13.4. The fourth-order valence-corrected chi connectivity index (χ4v) is 6.18. The van der Waals surface area contributed by atoms with Crippen LogP contribution in [0.2, 0.25) is 0 Å². The molecule has 2 aromatic rings. The number of nitrogens with one attached hydrogen (secondary N) is 2. The van der Waals surface area contributed by atoms with Crippen LogP contribution < -0.4 is 10.6 Å². The molecule has 0 aromatic heterocycles. The second kappa shape index (κ2) is 9.86. The number of fused-ring (bicyclic) bond motifs is 1. The number of amides is 2. The predicted molar refractivity (Wildman–Crippen MR) is 124 cm³/mol. The summed E-state index contributed by atoms with van der Waals surface area (Å²) in [6.07, 6.45) is 7.27. The van der Waals surface area contributed by atoms with E-state index in [1.807, 2.05) is 30.3 Å². The third-order valence-electron chi connectivity index (χ3n) is 6.44. The zero-order chi connectivity index (χ0) is 22.6. The molecule has 0 bridgehead atoms. The van der Waals surface area contributed by atoms with E-state index in [9.17, 15) is 18.0 Å². The molecule has 7 heteroatoms. The Morgan fingerprint density at radius 2 is 1.72 bits per heavy atom. The molecule has 1 heterocycles. The standard InChI is InChI=1S/C25H30N2O4S/c28-24-15-12-19-16-21(13-14-23(19)27-24)32(30,31)17-22(18-8-4-3-5-9-18)25(29)26-20-10-6-1-2-7-11-20/h3-5,8-9,13-14,16,20,22H,1-2,6-7,10-12,15,17H2,(H,26,29)(H,27,28). The van der Waals surface area contributed by atoms with Gasteiger partial charge in [0.15, 0.2) is 9.84 Å². The van der Waals surface area contributed by atoms with Gasteiger partial charge in [0.1, 0.15) is 0 Å². The van der Waals surface area contributed by atoms with Crippen LogP contribution in [0.15, 0.2) is 53.4 Å². The summed E-state index contributed by atoms with van der Waals surface area (Å²) >= 11 is 0. The van der Waals surface area contributed by atoms with E-state index in [1.165, 1.54) is 18.9 Å². The van der Waals surface area contributed by atoms with E-state index < -0.39 is 15.8 Å². The molecule has 1 atom stereocenters. The van der Waals surface area contributed by atoms with E-state index >= 15 is 0 Å². The smallest absolute Gasteiger partial charge is 0.228 e. The van der Waals surface area contributed by atoms with Crippen LogP contribution in [-0.2, 0) is 25.8 Å². The van der Waals surface area contributed by atoms with Gasteiger partial charge in [0.05, 0.1) is 16.6 Å². The average Bonchev–Trinajstić information content (AvgIpc) is 3.06. The van der Waals surface area contributed by atoms with Crippen LogP contribution in [-0.4, -0.2) is 32.0 Å². The molecule has 1 saturated carbocycles. The van der Waals surface area contributed by atoms with Gasteiger partial charge in [-0.3, -0.25) is 9.59 Å². The van der Waals surface area contributed by atoms with E-state index in [4.69, 9.17) is 0 Å². The van der Waals surface area contributed by atoms with Crippen LogP contribution in [0.25, 0.3) is 0 Å². The van der Waals surface area contributed by atoms with Crippen molar-refractivity contribution in [1.29, 1.82) is 0 Å². The van der Waals surface area contributed by atoms with Crippen LogP contribution in [0.4, 0.5) is 5.69 Å². The van der Waals surface area contributed by atoms with Crippen molar-refractivity contribution in [3.63, 3.8) is 0 Å². The number of rotatable bonds is 6. The molecule has 0 radical (unpaired) electrons. The van der Waals surface area contributed by atoms with Crippen molar-refractivity contribution in [3.8, 4) is 0 Å². The predicted octanol–water partition coefficient (Wildman–Crippen LogP) is 3.97. The van der Waals surface area contributed by atoms with E-state index in [-0.39, 0.29) is 28.5 Å². The van der Waals surface area contributed by atoms with Crippen LogP contribution in [0.1, 0.15) is 62.0 Å². The fourth-order valence-electron chi connectivity index (χ4n) is 4.60. The van der Waals surface area contributed by atoms with Crippen LogP contribution in [0, 0.1) is 0 Å². The number of anilines is 1. The van der Waals surface area contributed by atoms with Crippen LogP contribution >= 0.6 is 0 Å². The Balaban J connectivity index is 1.57. The quantitative estimate of drug-likeness (QED) is 0.646. The number of benzene rings is 2. The van der Waals surface area contributed by atoms with E-state index in [0.717, 1.165) is 31.2 Å². The topological polar surface area (TPSA) is 92.3 Å². The van der Waals surface area contributed by atoms with Gasteiger partial charge >= 0.3 is 0 Å². The number of carbonyl (C=O) groups is 2. The van der Waals surface area contributed by atoms with Gasteiger partial charge in [0, 0.05) is 18.2 Å². The van der Waals surface area contributed by atoms with E-state index in [0.29, 0.717) is 24.1 Å². The molecule has 0 saturated heterocycles. The first-order valence-corrected chi connectivity index (χ1v) is 13.1. The van der Waals surface area contributed by atoms with Crippen molar-refractivity contribution in [1.82, 2.24) is 5.32 Å². The van der Waals surface area contributed by atoms with Crippen molar-refractivity contribution in [2.75, 3.05) is 11.1 Å². The zero-order valence-corrected chi connectivity index (χ0v) is 19.0. The van der Waals surface area contributed by atoms with Gasteiger partial charge in [-0.1, -0.05) is 56.0 Å². The van der Waals surface area contributed by atoms with Crippen LogP contribution in [0.5, 0.6) is 0 Å². The normalized spacial score (nSPS) is 18.2. The lowest BCUT2D eigenvalue weighted by Gasteiger charge is -2.23. The summed E-state index contributed by atoms with van der Waals surface area (Å²) in [6, 6.07) is 14.0. The first-order valence-electron chi connectivity index (χ1n) is 11.4. The highest BCUT2D eigenvalue weighted by Crippen LogP contribution is 2.29. The first kappa shape index (κ1) is 22.5. The largest absolute Gasteiger partial charge is 0.353 e. The minimum atomic E-state index is -3.72. The lowest BCUT2D eigenvalue weighted by atomic mass is 9.99. The fraction of sp³-hybridized carbons (Fsp3) is 0.440. The molecule has 32 heavy (non-hydrogen) atoms. The minimum Gasteiger partial charge on any atom is -0.353 e. The highest BCUT2D eigenvalue weighted by atomic mass is 32.2. The molecule has 2 amide bonds. The van der Waals surface area contributed by atoms with Crippen molar-refractivity contribution >= 4 is 27.3 Å². The number of aryl methyl sites for hydroxylation is 1. The van der Waals surface area contributed by atoms with Gasteiger partial charge in [-0.25, -0.2) is 8.42 Å². The molecule has 1 fully saturated rings. The summed E-state index contributed by atoms with van der Waals surface area (Å²) < 4.78 is 26.7. The Labute approximate surface area is 189 Å². The summed E-state index contributed by atoms with van der Waals surface area (Å²) in [5.74, 6) is -1.36. The van der Waals surface area contributed by atoms with Gasteiger partial charge in [-0.15, -0.1) is 0 Å². The maximum atomic E-state index is 13.4. The number of hydrogen-bond donors (Lipinski definition) is 2. The second-order valence-corrected chi connectivity index (χ2v) is 10.8. The monoisotopic (exact) mass is 454 g/mol. The summed E-state index contributed by atoms with van der Waals surface area (Å²) in [4.78, 5) is 25.1. The molecule has 0 spiro atoms. The second-order valence-electron chi connectivity index (χ2n) is 8.81. The Morgan fingerprint density at radius 1 is 1.00 bits per heavy atom. The summed E-state index contributed by atoms with van der Waals surface area (Å²) in [5, 5.41) is 5.91. The maximum Gasteiger partial charge on any atom is 0.228 e. The summed E-state index contributed by atoms with van der Waals surface area (Å²) in [7, 11) is -3.72. The molecule has 4 rings (SSSR count). The van der Waals surface area contributed by atoms with Crippen molar-refractivity contribution < 1.29 is 18.0 Å². The van der Waals surface area contributed by atoms with Gasteiger partial charge in [0.25, 0.3) is 0 Å². The Morgan fingerprint density at radius 3 is 2.44 bits per heavy atom. The third-order valence-corrected chi connectivity index (χ3v) is 8.18. The summed E-state index contributed by atoms with van der Waals surface area (Å²) in [5.41, 5.74) is 2.17. The van der Waals surface area contributed by atoms with Gasteiger partial charge in [-0.05, 0) is 48.6 Å².